The minimum atomic E-state index is -0.604. The molecule has 1 amide bonds. The number of hydrogen-bond donors (Lipinski definition) is 0. The fourth-order valence-electron chi connectivity index (χ4n) is 4.45. The largest absolute Gasteiger partial charge is 0.452 e. The SMILES string of the molecule is N#Cc1ccc(C(=O)OCC(=O)N2N=C3C(=Cc4cccs4)CCCC3C2c2cccs2)cc1. The molecule has 1 saturated carbocycles. The first-order valence-electron chi connectivity index (χ1n) is 11.0. The normalized spacial score (nSPS) is 20.5. The first kappa shape index (κ1) is 22.3. The molecule has 1 aliphatic carbocycles. The van der Waals surface area contributed by atoms with Gasteiger partial charge in [-0.25, -0.2) is 9.80 Å². The molecule has 2 aromatic heterocycles. The zero-order valence-electron chi connectivity index (χ0n) is 18.2. The summed E-state index contributed by atoms with van der Waals surface area (Å²) in [5, 5.41) is 19.3. The number of thiophene rings is 2. The van der Waals surface area contributed by atoms with Gasteiger partial charge in [0.2, 0.25) is 0 Å². The summed E-state index contributed by atoms with van der Waals surface area (Å²) in [7, 11) is 0. The number of carbonyl (C=O) groups is 2. The average molecular weight is 488 g/mol. The van der Waals surface area contributed by atoms with Crippen molar-refractivity contribution in [1.82, 2.24) is 5.01 Å². The van der Waals surface area contributed by atoms with Crippen LogP contribution in [0.4, 0.5) is 0 Å². The van der Waals surface area contributed by atoms with Gasteiger partial charge in [-0.1, -0.05) is 12.1 Å². The molecule has 5 rings (SSSR count). The monoisotopic (exact) mass is 487 g/mol. The van der Waals surface area contributed by atoms with E-state index in [0.717, 1.165) is 29.9 Å². The number of ether oxygens (including phenoxy) is 1. The number of esters is 1. The summed E-state index contributed by atoms with van der Waals surface area (Å²) in [6.45, 7) is -0.395. The molecular formula is C26H21N3O3S2. The average Bonchev–Trinajstić information content (AvgIpc) is 3.63. The molecule has 1 fully saturated rings. The van der Waals surface area contributed by atoms with E-state index >= 15 is 0 Å². The van der Waals surface area contributed by atoms with Crippen LogP contribution < -0.4 is 0 Å². The van der Waals surface area contributed by atoms with Gasteiger partial charge < -0.3 is 4.74 Å². The molecule has 8 heteroatoms. The van der Waals surface area contributed by atoms with Crippen LogP contribution in [0.5, 0.6) is 0 Å². The van der Waals surface area contributed by atoms with Gasteiger partial charge in [0.15, 0.2) is 6.61 Å². The van der Waals surface area contributed by atoms with Gasteiger partial charge in [-0.2, -0.15) is 10.4 Å². The molecule has 0 saturated heterocycles. The first-order valence-corrected chi connectivity index (χ1v) is 12.8. The van der Waals surface area contributed by atoms with E-state index in [9.17, 15) is 9.59 Å². The molecule has 2 aliphatic rings. The van der Waals surface area contributed by atoms with Gasteiger partial charge in [-0.3, -0.25) is 4.79 Å². The maximum Gasteiger partial charge on any atom is 0.338 e. The van der Waals surface area contributed by atoms with Crippen molar-refractivity contribution in [3.63, 3.8) is 0 Å². The van der Waals surface area contributed by atoms with E-state index in [1.54, 1.807) is 34.8 Å². The molecule has 34 heavy (non-hydrogen) atoms. The lowest BCUT2D eigenvalue weighted by molar-refractivity contribution is -0.136. The molecule has 2 atom stereocenters. The highest BCUT2D eigenvalue weighted by atomic mass is 32.1. The van der Waals surface area contributed by atoms with Crippen molar-refractivity contribution in [3.05, 3.63) is 85.7 Å². The van der Waals surface area contributed by atoms with E-state index in [0.29, 0.717) is 11.1 Å². The number of allylic oxidation sites excluding steroid dienone is 1. The van der Waals surface area contributed by atoms with Gasteiger partial charge >= 0.3 is 5.97 Å². The van der Waals surface area contributed by atoms with E-state index in [1.165, 1.54) is 27.6 Å². The summed E-state index contributed by atoms with van der Waals surface area (Å²) in [6, 6.07) is 16.1. The standard InChI is InChI=1S/C26H21N3O3S2/c27-15-17-8-10-18(11-9-17)26(31)32-16-23(30)29-25(22-7-3-13-34-22)21-6-1-4-19(24(21)28-29)14-20-5-2-12-33-20/h2-3,5,7-14,21,25H,1,4,6,16H2. The van der Waals surface area contributed by atoms with Crippen molar-refractivity contribution in [2.24, 2.45) is 11.0 Å². The Kier molecular flexibility index (Phi) is 6.39. The number of rotatable bonds is 5. The molecule has 0 N–H and O–H groups in total. The highest BCUT2D eigenvalue weighted by Gasteiger charge is 2.44. The second kappa shape index (κ2) is 9.75. The topological polar surface area (TPSA) is 82.8 Å². The summed E-state index contributed by atoms with van der Waals surface area (Å²) in [4.78, 5) is 27.9. The summed E-state index contributed by atoms with van der Waals surface area (Å²) >= 11 is 3.29. The Morgan fingerprint density at radius 3 is 2.65 bits per heavy atom. The zero-order chi connectivity index (χ0) is 23.5. The third-order valence-corrected chi connectivity index (χ3v) is 7.79. The second-order valence-electron chi connectivity index (χ2n) is 8.13. The molecule has 3 heterocycles. The Hall–Kier alpha value is -3.54. The summed E-state index contributed by atoms with van der Waals surface area (Å²) in [5.74, 6) is -0.831. The lowest BCUT2D eigenvalue weighted by Gasteiger charge is -2.28. The molecule has 170 valence electrons. The maximum atomic E-state index is 13.2. The minimum absolute atomic E-state index is 0.122. The van der Waals surface area contributed by atoms with Crippen LogP contribution in [-0.2, 0) is 9.53 Å². The number of hydrazone groups is 1. The van der Waals surface area contributed by atoms with E-state index < -0.39 is 12.6 Å². The van der Waals surface area contributed by atoms with Crippen LogP contribution in [0.25, 0.3) is 6.08 Å². The Labute approximate surface area is 205 Å². The van der Waals surface area contributed by atoms with E-state index in [-0.39, 0.29) is 17.9 Å². The molecule has 3 aromatic rings. The highest BCUT2D eigenvalue weighted by Crippen LogP contribution is 2.45. The van der Waals surface area contributed by atoms with Crippen molar-refractivity contribution < 1.29 is 14.3 Å². The number of fused-ring (bicyclic) bond motifs is 1. The number of benzene rings is 1. The number of hydrogen-bond acceptors (Lipinski definition) is 7. The highest BCUT2D eigenvalue weighted by molar-refractivity contribution is 7.11. The quantitative estimate of drug-likeness (QED) is 0.435. The molecule has 0 radical (unpaired) electrons. The molecule has 0 bridgehead atoms. The smallest absolute Gasteiger partial charge is 0.338 e. The minimum Gasteiger partial charge on any atom is -0.452 e. The van der Waals surface area contributed by atoms with Crippen molar-refractivity contribution in [1.29, 1.82) is 5.26 Å². The van der Waals surface area contributed by atoms with Gasteiger partial charge in [0, 0.05) is 15.7 Å². The molecule has 1 aliphatic heterocycles. The Morgan fingerprint density at radius 2 is 1.94 bits per heavy atom. The number of nitrogens with zero attached hydrogens (tertiary/aromatic N) is 3. The number of nitriles is 1. The fraction of sp³-hybridized carbons (Fsp3) is 0.231. The first-order chi connectivity index (χ1) is 16.6. The summed E-state index contributed by atoms with van der Waals surface area (Å²) in [6.07, 6.45) is 5.11. The van der Waals surface area contributed by atoms with Crippen LogP contribution in [-0.4, -0.2) is 29.2 Å². The summed E-state index contributed by atoms with van der Waals surface area (Å²) < 4.78 is 5.32. The molecule has 2 unspecified atom stereocenters. The van der Waals surface area contributed by atoms with Crippen LogP contribution in [0.1, 0.15) is 51.0 Å². The van der Waals surface area contributed by atoms with Crippen LogP contribution in [0.15, 0.2) is 70.0 Å². The van der Waals surface area contributed by atoms with E-state index in [2.05, 4.69) is 17.5 Å². The molecular weight excluding hydrogens is 466 g/mol. The Balaban J connectivity index is 1.37. The number of amides is 1. The third-order valence-electron chi connectivity index (χ3n) is 6.03. The van der Waals surface area contributed by atoms with Crippen LogP contribution in [0.3, 0.4) is 0 Å². The maximum absolute atomic E-state index is 13.2. The Bertz CT molecular complexity index is 1290. The molecule has 0 spiro atoms. The van der Waals surface area contributed by atoms with Gasteiger partial charge in [0.1, 0.15) is 0 Å². The molecule has 6 nitrogen and oxygen atoms in total. The zero-order valence-corrected chi connectivity index (χ0v) is 19.8. The van der Waals surface area contributed by atoms with Crippen LogP contribution in [0, 0.1) is 17.2 Å². The summed E-state index contributed by atoms with van der Waals surface area (Å²) in [5.41, 5.74) is 2.88. The Morgan fingerprint density at radius 1 is 1.15 bits per heavy atom. The lowest BCUT2D eigenvalue weighted by Crippen LogP contribution is -2.34. The predicted molar refractivity (Wildman–Crippen MR) is 132 cm³/mol. The van der Waals surface area contributed by atoms with Gasteiger partial charge in [-0.05, 0) is 78.1 Å². The fourth-order valence-corrected chi connectivity index (χ4v) is 6.00. The third kappa shape index (κ3) is 4.45. The van der Waals surface area contributed by atoms with Gasteiger partial charge in [0.25, 0.3) is 5.91 Å². The van der Waals surface area contributed by atoms with E-state index in [1.807, 2.05) is 29.6 Å². The van der Waals surface area contributed by atoms with Crippen LogP contribution in [0.2, 0.25) is 0 Å². The van der Waals surface area contributed by atoms with Crippen molar-refractivity contribution in [2.45, 2.75) is 25.3 Å². The second-order valence-corrected chi connectivity index (χ2v) is 10.1. The van der Waals surface area contributed by atoms with E-state index in [4.69, 9.17) is 15.1 Å². The van der Waals surface area contributed by atoms with Crippen molar-refractivity contribution >= 4 is 46.3 Å². The predicted octanol–water partition coefficient (Wildman–Crippen LogP) is 5.66. The number of carbonyl (C=O) groups excluding carboxylic acids is 2. The van der Waals surface area contributed by atoms with Gasteiger partial charge in [0.05, 0.1) is 28.9 Å². The van der Waals surface area contributed by atoms with Crippen molar-refractivity contribution in [3.8, 4) is 6.07 Å². The van der Waals surface area contributed by atoms with Crippen molar-refractivity contribution in [2.75, 3.05) is 6.61 Å². The van der Waals surface area contributed by atoms with Gasteiger partial charge in [-0.15, -0.1) is 22.7 Å². The molecule has 1 aromatic carbocycles. The van der Waals surface area contributed by atoms with Crippen LogP contribution >= 0.6 is 22.7 Å². The lowest BCUT2D eigenvalue weighted by atomic mass is 9.79.